The first kappa shape index (κ1) is 23.4. The minimum Gasteiger partial charge on any atom is -0.497 e. The van der Waals surface area contributed by atoms with E-state index >= 15 is 0 Å². The quantitative estimate of drug-likeness (QED) is 0.377. The number of aromatic nitrogens is 3. The highest BCUT2D eigenvalue weighted by atomic mass is 32.2. The smallest absolute Gasteiger partial charge is 0.338 e. The van der Waals surface area contributed by atoms with Crippen LogP contribution in [0.5, 0.6) is 11.5 Å². The molecule has 4 rings (SSSR count). The molecule has 0 fully saturated rings. The Kier molecular flexibility index (Phi) is 6.93. The number of carbonyl (C=O) groups is 1. The van der Waals surface area contributed by atoms with E-state index in [1.165, 1.54) is 0 Å². The van der Waals surface area contributed by atoms with Crippen LogP contribution in [0.4, 0.5) is 0 Å². The van der Waals surface area contributed by atoms with Crippen molar-refractivity contribution in [1.29, 1.82) is 0 Å². The molecular formula is C25H25N3O5S. The molecule has 0 radical (unpaired) electrons. The summed E-state index contributed by atoms with van der Waals surface area (Å²) in [5.41, 5.74) is 4.79. The van der Waals surface area contributed by atoms with Crippen LogP contribution in [0.25, 0.3) is 11.0 Å². The van der Waals surface area contributed by atoms with Gasteiger partial charge in [0.25, 0.3) is 0 Å². The van der Waals surface area contributed by atoms with Crippen LogP contribution in [0.15, 0.2) is 53.8 Å². The van der Waals surface area contributed by atoms with Gasteiger partial charge in [-0.25, -0.2) is 9.78 Å². The second-order valence-corrected chi connectivity index (χ2v) is 9.06. The van der Waals surface area contributed by atoms with E-state index in [1.54, 1.807) is 38.6 Å². The zero-order chi connectivity index (χ0) is 24.2. The first-order valence-corrected chi connectivity index (χ1v) is 11.9. The number of benzene rings is 2. The number of ether oxygens (including phenoxy) is 3. The van der Waals surface area contributed by atoms with E-state index in [9.17, 15) is 9.00 Å². The van der Waals surface area contributed by atoms with Crippen molar-refractivity contribution in [2.75, 3.05) is 14.2 Å². The summed E-state index contributed by atoms with van der Waals surface area (Å²) >= 11 is 0. The maximum absolute atomic E-state index is 13.0. The third kappa shape index (κ3) is 4.79. The average Bonchev–Trinajstić information content (AvgIpc) is 3.28. The Hall–Kier alpha value is -3.72. The number of methoxy groups -OCH3 is 2. The van der Waals surface area contributed by atoms with Crippen molar-refractivity contribution < 1.29 is 23.2 Å². The second-order valence-electron chi connectivity index (χ2n) is 7.69. The average molecular weight is 480 g/mol. The molecule has 9 heteroatoms. The minimum absolute atomic E-state index is 0.0129. The summed E-state index contributed by atoms with van der Waals surface area (Å²) in [5, 5.41) is 0.361. The molecule has 0 aliphatic heterocycles. The summed E-state index contributed by atoms with van der Waals surface area (Å²) in [4.78, 5) is 24.5. The van der Waals surface area contributed by atoms with E-state index in [2.05, 4.69) is 15.0 Å². The molecule has 0 bridgehead atoms. The van der Waals surface area contributed by atoms with Crippen LogP contribution in [-0.4, -0.2) is 39.3 Å². The SMILES string of the molecule is COc1ccc2nc([S@](=O)Cc3ncc(COC(=O)c4ccccc4C)c(OC)c3C)[nH]c2c1. The fourth-order valence-electron chi connectivity index (χ4n) is 3.63. The molecule has 1 N–H and O–H groups in total. The number of imidazole rings is 1. The Labute approximate surface area is 199 Å². The van der Waals surface area contributed by atoms with Crippen molar-refractivity contribution in [3.05, 3.63) is 76.6 Å². The summed E-state index contributed by atoms with van der Waals surface area (Å²) in [6.07, 6.45) is 1.59. The molecule has 0 saturated heterocycles. The lowest BCUT2D eigenvalue weighted by Gasteiger charge is -2.14. The first-order chi connectivity index (χ1) is 16.4. The van der Waals surface area contributed by atoms with E-state index in [1.807, 2.05) is 38.1 Å². The van der Waals surface area contributed by atoms with Gasteiger partial charge in [-0.15, -0.1) is 0 Å². The molecule has 0 saturated carbocycles. The van der Waals surface area contributed by atoms with E-state index in [4.69, 9.17) is 14.2 Å². The molecule has 0 unspecified atom stereocenters. The molecule has 1 atom stereocenters. The van der Waals surface area contributed by atoms with Gasteiger partial charge in [-0.2, -0.15) is 0 Å². The molecule has 0 spiro atoms. The molecule has 8 nitrogen and oxygen atoms in total. The number of nitrogens with zero attached hydrogens (tertiary/aromatic N) is 2. The van der Waals surface area contributed by atoms with Crippen LogP contribution in [0.3, 0.4) is 0 Å². The maximum atomic E-state index is 13.0. The van der Waals surface area contributed by atoms with Crippen LogP contribution < -0.4 is 9.47 Å². The highest BCUT2D eigenvalue weighted by Crippen LogP contribution is 2.28. The lowest BCUT2D eigenvalue weighted by molar-refractivity contribution is 0.0468. The van der Waals surface area contributed by atoms with Gasteiger partial charge in [-0.3, -0.25) is 9.19 Å². The van der Waals surface area contributed by atoms with E-state index < -0.39 is 16.8 Å². The largest absolute Gasteiger partial charge is 0.497 e. The number of hydrogen-bond donors (Lipinski definition) is 1. The van der Waals surface area contributed by atoms with Crippen LogP contribution in [0.1, 0.15) is 32.7 Å². The van der Waals surface area contributed by atoms with E-state index in [0.717, 1.165) is 16.6 Å². The van der Waals surface area contributed by atoms with Gasteiger partial charge in [-0.1, -0.05) is 18.2 Å². The third-order valence-corrected chi connectivity index (χ3v) is 6.68. The van der Waals surface area contributed by atoms with Crippen molar-refractivity contribution in [1.82, 2.24) is 15.0 Å². The lowest BCUT2D eigenvalue weighted by atomic mass is 10.1. The summed E-state index contributed by atoms with van der Waals surface area (Å²) in [6, 6.07) is 12.7. The molecule has 2 aromatic heterocycles. The number of aryl methyl sites for hydroxylation is 1. The Morgan fingerprint density at radius 1 is 1.09 bits per heavy atom. The number of carbonyl (C=O) groups excluding carboxylic acids is 1. The standard InChI is InChI=1S/C25H25N3O5S/c1-15-7-5-6-8-19(15)24(29)33-13-17-12-26-22(16(2)23(17)32-4)14-34(30)25-27-20-10-9-18(31-3)11-21(20)28-25/h5-12H,13-14H2,1-4H3,(H,27,28)/t34-/m1/s1. The predicted octanol–water partition coefficient (Wildman–Crippen LogP) is 4.26. The summed E-state index contributed by atoms with van der Waals surface area (Å²) in [5.74, 6) is 0.982. The Morgan fingerprint density at radius 3 is 2.62 bits per heavy atom. The monoisotopic (exact) mass is 479 g/mol. The molecular weight excluding hydrogens is 454 g/mol. The number of hydrogen-bond acceptors (Lipinski definition) is 7. The highest BCUT2D eigenvalue weighted by Gasteiger charge is 2.19. The normalized spacial score (nSPS) is 11.9. The number of esters is 1. The van der Waals surface area contributed by atoms with Crippen LogP contribution in [0.2, 0.25) is 0 Å². The zero-order valence-electron chi connectivity index (χ0n) is 19.4. The van der Waals surface area contributed by atoms with Crippen molar-refractivity contribution in [3.8, 4) is 11.5 Å². The molecule has 34 heavy (non-hydrogen) atoms. The lowest BCUT2D eigenvalue weighted by Crippen LogP contribution is -2.10. The van der Waals surface area contributed by atoms with Gasteiger partial charge in [0.1, 0.15) is 18.1 Å². The number of pyridine rings is 1. The minimum atomic E-state index is -1.45. The second kappa shape index (κ2) is 10.0. The fourth-order valence-corrected chi connectivity index (χ4v) is 4.73. The van der Waals surface area contributed by atoms with Crippen LogP contribution in [0, 0.1) is 13.8 Å². The van der Waals surface area contributed by atoms with Crippen molar-refractivity contribution in [2.24, 2.45) is 0 Å². The van der Waals surface area contributed by atoms with Gasteiger partial charge in [0.05, 0.1) is 58.6 Å². The van der Waals surface area contributed by atoms with Crippen molar-refractivity contribution in [3.63, 3.8) is 0 Å². The highest BCUT2D eigenvalue weighted by molar-refractivity contribution is 7.84. The Morgan fingerprint density at radius 2 is 1.88 bits per heavy atom. The van der Waals surface area contributed by atoms with Gasteiger partial charge >= 0.3 is 5.97 Å². The van der Waals surface area contributed by atoms with Crippen LogP contribution >= 0.6 is 0 Å². The molecule has 4 aromatic rings. The van der Waals surface area contributed by atoms with Crippen molar-refractivity contribution in [2.45, 2.75) is 31.4 Å². The molecule has 0 aliphatic carbocycles. The third-order valence-electron chi connectivity index (χ3n) is 5.52. The Bertz CT molecular complexity index is 1380. The summed E-state index contributed by atoms with van der Waals surface area (Å²) in [7, 11) is 1.68. The van der Waals surface area contributed by atoms with Gasteiger partial charge in [0, 0.05) is 17.8 Å². The van der Waals surface area contributed by atoms with Crippen LogP contribution in [-0.2, 0) is 27.9 Å². The van der Waals surface area contributed by atoms with Gasteiger partial charge in [-0.05, 0) is 37.6 Å². The first-order valence-electron chi connectivity index (χ1n) is 10.6. The fraction of sp³-hybridized carbons (Fsp3) is 0.240. The molecule has 2 heterocycles. The number of rotatable bonds is 8. The number of aromatic amines is 1. The van der Waals surface area contributed by atoms with E-state index in [-0.39, 0.29) is 12.4 Å². The summed E-state index contributed by atoms with van der Waals surface area (Å²) in [6.45, 7) is 3.71. The number of nitrogens with one attached hydrogen (secondary N) is 1. The topological polar surface area (TPSA) is 103 Å². The predicted molar refractivity (Wildman–Crippen MR) is 129 cm³/mol. The maximum Gasteiger partial charge on any atom is 0.338 e. The van der Waals surface area contributed by atoms with Crippen molar-refractivity contribution >= 4 is 27.8 Å². The van der Waals surface area contributed by atoms with Gasteiger partial charge in [0.15, 0.2) is 5.16 Å². The van der Waals surface area contributed by atoms with E-state index in [0.29, 0.717) is 39.0 Å². The molecule has 176 valence electrons. The van der Waals surface area contributed by atoms with Gasteiger partial charge < -0.3 is 19.2 Å². The number of H-pyrrole nitrogens is 1. The molecule has 0 aliphatic rings. The summed E-state index contributed by atoms with van der Waals surface area (Å²) < 4.78 is 29.3. The van der Waals surface area contributed by atoms with Gasteiger partial charge in [0.2, 0.25) is 0 Å². The number of fused-ring (bicyclic) bond motifs is 1. The molecule has 0 amide bonds. The Balaban J connectivity index is 1.51. The zero-order valence-corrected chi connectivity index (χ0v) is 20.2. The molecule has 2 aromatic carbocycles.